The van der Waals surface area contributed by atoms with Gasteiger partial charge in [-0.25, -0.2) is 12.8 Å². The predicted octanol–water partition coefficient (Wildman–Crippen LogP) is 1.74. The average Bonchev–Trinajstić information content (AvgIpc) is 3.07. The average molecular weight is 312 g/mol. The Hall–Kier alpha value is -1.34. The van der Waals surface area contributed by atoms with Crippen LogP contribution in [-0.2, 0) is 14.8 Å². The van der Waals surface area contributed by atoms with E-state index in [-0.39, 0.29) is 22.6 Å². The number of sulfonamides is 1. The fraction of sp³-hybridized carbons (Fsp3) is 0.571. The molecule has 2 aliphatic rings. The minimum Gasteiger partial charge on any atom is -0.299 e. The number of nitrogens with zero attached hydrogens (tertiary/aromatic N) is 2. The summed E-state index contributed by atoms with van der Waals surface area (Å²) in [5, 5.41) is 0. The van der Waals surface area contributed by atoms with Crippen molar-refractivity contribution in [1.29, 1.82) is 0 Å². The van der Waals surface area contributed by atoms with Crippen LogP contribution in [0, 0.1) is 11.7 Å². The molecule has 0 radical (unpaired) electrons. The highest BCUT2D eigenvalue weighted by Crippen LogP contribution is 2.36. The molecule has 3 rings (SSSR count). The number of Topliss-reactive ketones (excluding diaryl/α,β-unsaturated/α-hetero) is 1. The van der Waals surface area contributed by atoms with Gasteiger partial charge in [0.05, 0.1) is 6.20 Å². The Morgan fingerprint density at radius 2 is 2.05 bits per heavy atom. The van der Waals surface area contributed by atoms with Gasteiger partial charge in [-0.1, -0.05) is 0 Å². The second kappa shape index (κ2) is 5.46. The zero-order valence-electron chi connectivity index (χ0n) is 11.5. The first-order valence-corrected chi connectivity index (χ1v) is 8.59. The van der Waals surface area contributed by atoms with Gasteiger partial charge in [-0.2, -0.15) is 4.31 Å². The maximum Gasteiger partial charge on any atom is 0.244 e. The number of ketones is 1. The van der Waals surface area contributed by atoms with Crippen molar-refractivity contribution in [3.63, 3.8) is 0 Å². The minimum atomic E-state index is -3.79. The summed E-state index contributed by atoms with van der Waals surface area (Å²) in [5.41, 5.74) is 0. The lowest BCUT2D eigenvalue weighted by atomic mass is 9.96. The van der Waals surface area contributed by atoms with Crippen LogP contribution in [0.25, 0.3) is 0 Å². The van der Waals surface area contributed by atoms with Crippen LogP contribution in [0.15, 0.2) is 23.4 Å². The van der Waals surface area contributed by atoms with Crippen molar-refractivity contribution in [2.24, 2.45) is 5.92 Å². The van der Waals surface area contributed by atoms with E-state index in [4.69, 9.17) is 0 Å². The van der Waals surface area contributed by atoms with Gasteiger partial charge >= 0.3 is 0 Å². The zero-order valence-corrected chi connectivity index (χ0v) is 12.4. The van der Waals surface area contributed by atoms with Gasteiger partial charge in [0, 0.05) is 31.1 Å². The Balaban J connectivity index is 1.92. The number of aromatic nitrogens is 1. The van der Waals surface area contributed by atoms with Crippen molar-refractivity contribution in [2.45, 2.75) is 43.0 Å². The third kappa shape index (κ3) is 2.60. The number of carbonyl (C=O) groups excluding carboxylic acids is 1. The van der Waals surface area contributed by atoms with Gasteiger partial charge in [0.25, 0.3) is 0 Å². The van der Waals surface area contributed by atoms with Gasteiger partial charge in [0.15, 0.2) is 0 Å². The highest BCUT2D eigenvalue weighted by molar-refractivity contribution is 7.89. The molecule has 5 nitrogen and oxygen atoms in total. The Bertz CT molecular complexity index is 662. The second-order valence-electron chi connectivity index (χ2n) is 5.63. The van der Waals surface area contributed by atoms with Crippen LogP contribution in [0.1, 0.15) is 32.1 Å². The van der Waals surface area contributed by atoms with Gasteiger partial charge < -0.3 is 0 Å². The van der Waals surface area contributed by atoms with E-state index in [9.17, 15) is 17.6 Å². The molecule has 1 aromatic rings. The van der Waals surface area contributed by atoms with E-state index in [1.165, 1.54) is 4.31 Å². The first-order chi connectivity index (χ1) is 10.00. The molecular weight excluding hydrogens is 295 g/mol. The molecule has 0 amide bonds. The summed E-state index contributed by atoms with van der Waals surface area (Å²) in [5.74, 6) is -0.730. The van der Waals surface area contributed by atoms with E-state index < -0.39 is 15.8 Å². The Morgan fingerprint density at radius 1 is 1.24 bits per heavy atom. The molecule has 2 heterocycles. The van der Waals surface area contributed by atoms with Gasteiger partial charge in [-0.05, 0) is 31.7 Å². The second-order valence-corrected chi connectivity index (χ2v) is 7.52. The molecule has 21 heavy (non-hydrogen) atoms. The van der Waals surface area contributed by atoms with Crippen LogP contribution in [0.2, 0.25) is 0 Å². The molecule has 1 saturated heterocycles. The van der Waals surface area contributed by atoms with Crippen molar-refractivity contribution in [2.75, 3.05) is 6.54 Å². The van der Waals surface area contributed by atoms with E-state index in [1.807, 2.05) is 0 Å². The molecule has 7 heteroatoms. The number of carbonyl (C=O) groups is 1. The summed E-state index contributed by atoms with van der Waals surface area (Å²) in [6.07, 6.45) is 5.67. The Labute approximate surface area is 123 Å². The topological polar surface area (TPSA) is 67.3 Å². The maximum absolute atomic E-state index is 13.2. The predicted molar refractivity (Wildman–Crippen MR) is 73.5 cm³/mol. The van der Waals surface area contributed by atoms with Crippen molar-refractivity contribution in [3.05, 3.63) is 24.3 Å². The normalized spacial score (nSPS) is 27.4. The molecular formula is C14H17FN2O3S. The lowest BCUT2D eigenvalue weighted by Gasteiger charge is -2.27. The lowest BCUT2D eigenvalue weighted by Crippen LogP contribution is -2.41. The molecule has 0 aromatic carbocycles. The highest BCUT2D eigenvalue weighted by atomic mass is 32.2. The molecule has 1 aromatic heterocycles. The lowest BCUT2D eigenvalue weighted by molar-refractivity contribution is -0.121. The largest absolute Gasteiger partial charge is 0.299 e. The standard InChI is InChI=1S/C14H17FN2O3S/c15-10-7-11(9-16-8-10)21(19,20)17-6-2-4-13(17)12-3-1-5-14(12)18/h7-9,12-13H,1-6H2. The Morgan fingerprint density at radius 3 is 2.71 bits per heavy atom. The molecule has 0 bridgehead atoms. The number of pyridine rings is 1. The summed E-state index contributed by atoms with van der Waals surface area (Å²) in [4.78, 5) is 15.4. The third-order valence-corrected chi connectivity index (χ3v) is 6.24. The smallest absolute Gasteiger partial charge is 0.244 e. The SMILES string of the molecule is O=C1CCCC1C1CCCN1S(=O)(=O)c1cncc(F)c1. The summed E-state index contributed by atoms with van der Waals surface area (Å²) < 4.78 is 40.0. The Kier molecular flexibility index (Phi) is 3.79. The fourth-order valence-corrected chi connectivity index (χ4v) is 5.09. The molecule has 2 unspecified atom stereocenters. The van der Waals surface area contributed by atoms with Crippen molar-refractivity contribution in [3.8, 4) is 0 Å². The van der Waals surface area contributed by atoms with Gasteiger partial charge in [-0.3, -0.25) is 9.78 Å². The zero-order chi connectivity index (χ0) is 15.0. The fourth-order valence-electron chi connectivity index (χ4n) is 3.38. The van der Waals surface area contributed by atoms with E-state index in [0.717, 1.165) is 37.7 Å². The minimum absolute atomic E-state index is 0.139. The summed E-state index contributed by atoms with van der Waals surface area (Å²) in [7, 11) is -3.79. The van der Waals surface area contributed by atoms with Gasteiger partial charge in [0.2, 0.25) is 10.0 Å². The van der Waals surface area contributed by atoms with Crippen LogP contribution in [0.3, 0.4) is 0 Å². The van der Waals surface area contributed by atoms with Crippen molar-refractivity contribution < 1.29 is 17.6 Å². The first kappa shape index (κ1) is 14.6. The number of hydrogen-bond acceptors (Lipinski definition) is 4. The van der Waals surface area contributed by atoms with Crippen LogP contribution in [0.4, 0.5) is 4.39 Å². The molecule has 2 fully saturated rings. The molecule has 2 atom stereocenters. The summed E-state index contributed by atoms with van der Waals surface area (Å²) in [6.45, 7) is 0.382. The quantitative estimate of drug-likeness (QED) is 0.852. The molecule has 1 aliphatic carbocycles. The molecule has 1 aliphatic heterocycles. The van der Waals surface area contributed by atoms with Crippen LogP contribution < -0.4 is 0 Å². The highest BCUT2D eigenvalue weighted by Gasteiger charge is 2.43. The van der Waals surface area contributed by atoms with E-state index in [0.29, 0.717) is 19.4 Å². The third-order valence-electron chi connectivity index (χ3n) is 4.35. The number of hydrogen-bond donors (Lipinski definition) is 0. The summed E-state index contributed by atoms with van der Waals surface area (Å²) >= 11 is 0. The molecule has 0 spiro atoms. The van der Waals surface area contributed by atoms with Crippen LogP contribution >= 0.6 is 0 Å². The summed E-state index contributed by atoms with van der Waals surface area (Å²) in [6, 6.07) is 0.696. The molecule has 114 valence electrons. The van der Waals surface area contributed by atoms with Gasteiger partial charge in [-0.15, -0.1) is 0 Å². The molecule has 0 N–H and O–H groups in total. The molecule has 1 saturated carbocycles. The van der Waals surface area contributed by atoms with E-state index in [1.54, 1.807) is 0 Å². The first-order valence-electron chi connectivity index (χ1n) is 7.15. The van der Waals surface area contributed by atoms with Crippen LogP contribution in [-0.4, -0.2) is 36.1 Å². The maximum atomic E-state index is 13.2. The van der Waals surface area contributed by atoms with Crippen molar-refractivity contribution >= 4 is 15.8 Å². The van der Waals surface area contributed by atoms with E-state index in [2.05, 4.69) is 4.98 Å². The van der Waals surface area contributed by atoms with Crippen LogP contribution in [0.5, 0.6) is 0 Å². The van der Waals surface area contributed by atoms with E-state index >= 15 is 0 Å². The van der Waals surface area contributed by atoms with Crippen molar-refractivity contribution in [1.82, 2.24) is 9.29 Å². The van der Waals surface area contributed by atoms with Gasteiger partial charge in [0.1, 0.15) is 16.5 Å². The monoisotopic (exact) mass is 312 g/mol. The number of rotatable bonds is 3. The number of halogens is 1.